The summed E-state index contributed by atoms with van der Waals surface area (Å²) >= 11 is 0. The van der Waals surface area contributed by atoms with Gasteiger partial charge in [-0.15, -0.1) is 5.10 Å². The largest absolute Gasteiger partial charge is 0.451 e. The number of hydrogen-bond acceptors (Lipinski definition) is 10. The molecule has 5 rings (SSSR count). The number of nitrogens with one attached hydrogen (secondary N) is 2. The van der Waals surface area contributed by atoms with Crippen molar-refractivity contribution in [1.82, 2.24) is 40.1 Å². The van der Waals surface area contributed by atoms with E-state index in [4.69, 9.17) is 4.74 Å². The van der Waals surface area contributed by atoms with Gasteiger partial charge < -0.3 is 25.2 Å². The van der Waals surface area contributed by atoms with E-state index in [2.05, 4.69) is 45.6 Å². The van der Waals surface area contributed by atoms with Crippen molar-refractivity contribution in [2.24, 2.45) is 0 Å². The second kappa shape index (κ2) is 13.7. The topological polar surface area (TPSA) is 134 Å². The van der Waals surface area contributed by atoms with Gasteiger partial charge in [-0.3, -0.25) is 14.5 Å². The first kappa shape index (κ1) is 31.3. The lowest BCUT2D eigenvalue weighted by Crippen LogP contribution is -2.44. The molecule has 2 N–H and O–H groups in total. The Kier molecular flexibility index (Phi) is 9.71. The van der Waals surface area contributed by atoms with E-state index in [-0.39, 0.29) is 22.9 Å². The highest BCUT2D eigenvalue weighted by Crippen LogP contribution is 2.31. The van der Waals surface area contributed by atoms with E-state index >= 15 is 0 Å². The number of amides is 2. The van der Waals surface area contributed by atoms with E-state index in [0.29, 0.717) is 31.0 Å². The monoisotopic (exact) mass is 616 g/mol. The van der Waals surface area contributed by atoms with Crippen LogP contribution in [0.5, 0.6) is 0 Å². The van der Waals surface area contributed by atoms with Crippen molar-refractivity contribution in [3.8, 4) is 5.69 Å². The van der Waals surface area contributed by atoms with Gasteiger partial charge in [0.2, 0.25) is 5.82 Å². The zero-order valence-electron chi connectivity index (χ0n) is 24.6. The minimum Gasteiger partial charge on any atom is -0.379 e. The fourth-order valence-corrected chi connectivity index (χ4v) is 5.02. The van der Waals surface area contributed by atoms with E-state index < -0.39 is 17.9 Å². The molecule has 3 aromatic rings. The molecule has 2 amide bonds. The van der Waals surface area contributed by atoms with Crippen molar-refractivity contribution in [1.29, 1.82) is 0 Å². The molecule has 2 aliphatic rings. The number of rotatable bonds is 9. The van der Waals surface area contributed by atoms with Crippen LogP contribution in [0.15, 0.2) is 30.6 Å². The first-order valence-corrected chi connectivity index (χ1v) is 14.4. The Balaban J connectivity index is 1.31. The molecule has 0 unspecified atom stereocenters. The van der Waals surface area contributed by atoms with E-state index in [1.165, 1.54) is 17.8 Å². The highest BCUT2D eigenvalue weighted by Gasteiger charge is 2.35. The molecule has 1 aromatic carbocycles. The number of alkyl halides is 3. The normalized spacial score (nSPS) is 16.6. The van der Waals surface area contributed by atoms with Gasteiger partial charge in [0, 0.05) is 52.0 Å². The number of aromatic nitrogens is 5. The molecule has 16 heteroatoms. The average Bonchev–Trinajstić information content (AvgIpc) is 3.50. The Bertz CT molecular complexity index is 1470. The van der Waals surface area contributed by atoms with Gasteiger partial charge >= 0.3 is 6.18 Å². The lowest BCUT2D eigenvalue weighted by molar-refractivity contribution is -0.145. The summed E-state index contributed by atoms with van der Waals surface area (Å²) in [5.74, 6) is -2.31. The molecule has 0 spiro atoms. The third-order valence-electron chi connectivity index (χ3n) is 7.58. The van der Waals surface area contributed by atoms with Crippen LogP contribution in [0.25, 0.3) is 5.69 Å². The summed E-state index contributed by atoms with van der Waals surface area (Å²) in [4.78, 5) is 39.4. The molecule has 2 aliphatic heterocycles. The zero-order chi connectivity index (χ0) is 31.3. The lowest BCUT2D eigenvalue weighted by Gasteiger charge is -2.35. The Labute approximate surface area is 252 Å². The number of carbonyl (C=O) groups excluding carboxylic acids is 2. The number of halogens is 3. The van der Waals surface area contributed by atoms with Gasteiger partial charge in [-0.1, -0.05) is 5.21 Å². The molecule has 2 aromatic heterocycles. The van der Waals surface area contributed by atoms with Crippen LogP contribution in [-0.2, 0) is 10.9 Å². The predicted octanol–water partition coefficient (Wildman–Crippen LogP) is 1.84. The molecule has 2 fully saturated rings. The van der Waals surface area contributed by atoms with E-state index in [0.717, 1.165) is 64.2 Å². The first-order chi connectivity index (χ1) is 21.1. The molecule has 13 nitrogen and oxygen atoms in total. The maximum Gasteiger partial charge on any atom is 0.451 e. The van der Waals surface area contributed by atoms with Gasteiger partial charge in [-0.2, -0.15) is 13.2 Å². The molecule has 0 bridgehead atoms. The van der Waals surface area contributed by atoms with Crippen molar-refractivity contribution >= 4 is 23.2 Å². The van der Waals surface area contributed by atoms with E-state index in [9.17, 15) is 22.8 Å². The van der Waals surface area contributed by atoms with Crippen LogP contribution >= 0.6 is 0 Å². The van der Waals surface area contributed by atoms with Crippen LogP contribution in [-0.4, -0.2) is 119 Å². The summed E-state index contributed by atoms with van der Waals surface area (Å²) in [5.41, 5.74) is 1.64. The minimum atomic E-state index is -4.72. The number of nitrogens with zero attached hydrogens (tertiary/aromatic N) is 8. The average molecular weight is 617 g/mol. The molecule has 0 saturated carbocycles. The maximum absolute atomic E-state index is 13.3. The van der Waals surface area contributed by atoms with Crippen molar-refractivity contribution in [2.45, 2.75) is 19.5 Å². The third-order valence-corrected chi connectivity index (χ3v) is 7.58. The predicted molar refractivity (Wildman–Crippen MR) is 155 cm³/mol. The highest BCUT2D eigenvalue weighted by molar-refractivity contribution is 6.06. The lowest BCUT2D eigenvalue weighted by atomic mass is 10.1. The molecule has 0 radical (unpaired) electrons. The Hall–Kier alpha value is -4.15. The summed E-state index contributed by atoms with van der Waals surface area (Å²) in [6, 6.07) is 5.32. The Morgan fingerprint density at radius 1 is 1.05 bits per heavy atom. The summed E-state index contributed by atoms with van der Waals surface area (Å²) in [6.07, 6.45) is -1.55. The van der Waals surface area contributed by atoms with Crippen molar-refractivity contribution in [3.63, 3.8) is 0 Å². The molecule has 0 atom stereocenters. The van der Waals surface area contributed by atoms with Crippen LogP contribution in [0.4, 0.5) is 24.5 Å². The number of benzene rings is 1. The van der Waals surface area contributed by atoms with E-state index in [1.54, 1.807) is 12.1 Å². The molecule has 4 heterocycles. The Morgan fingerprint density at radius 2 is 1.80 bits per heavy atom. The summed E-state index contributed by atoms with van der Waals surface area (Å²) in [6.45, 7) is 8.94. The molecule has 44 heavy (non-hydrogen) atoms. The molecule has 0 aliphatic carbocycles. The van der Waals surface area contributed by atoms with Gasteiger partial charge in [0.25, 0.3) is 11.8 Å². The van der Waals surface area contributed by atoms with Gasteiger partial charge in [-0.05, 0) is 45.1 Å². The van der Waals surface area contributed by atoms with Crippen LogP contribution < -0.4 is 15.5 Å². The van der Waals surface area contributed by atoms with Gasteiger partial charge in [0.15, 0.2) is 5.69 Å². The third kappa shape index (κ3) is 7.67. The van der Waals surface area contributed by atoms with Crippen LogP contribution in [0, 0.1) is 6.92 Å². The standard InChI is InChI=1S/C28H35F3N10O3/c1-19-21(17-33-27(34-19)28(29,30)31)25(42)35-22-16-20(4-5-24(22)40-10-8-38(2)9-11-40)41-18-23(36-37-41)26(43)32-6-3-7-39-12-14-44-15-13-39/h4-5,16-18H,3,6-15H2,1-2H3,(H,32,43)(H,35,42). The van der Waals surface area contributed by atoms with Crippen LogP contribution in [0.2, 0.25) is 0 Å². The van der Waals surface area contributed by atoms with Gasteiger partial charge in [-0.25, -0.2) is 14.6 Å². The fourth-order valence-electron chi connectivity index (χ4n) is 5.02. The van der Waals surface area contributed by atoms with Crippen molar-refractivity contribution < 1.29 is 27.5 Å². The zero-order valence-corrected chi connectivity index (χ0v) is 24.6. The second-order valence-electron chi connectivity index (χ2n) is 10.7. The number of carbonyl (C=O) groups is 2. The number of likely N-dealkylation sites (N-methyl/N-ethyl adjacent to an activating group) is 1. The van der Waals surface area contributed by atoms with Gasteiger partial charge in [0.05, 0.1) is 47.7 Å². The molecular weight excluding hydrogens is 581 g/mol. The van der Waals surface area contributed by atoms with Crippen molar-refractivity contribution in [2.75, 3.05) is 82.8 Å². The molecular formula is C28H35F3N10O3. The molecule has 2 saturated heterocycles. The van der Waals surface area contributed by atoms with Gasteiger partial charge in [0.1, 0.15) is 0 Å². The highest BCUT2D eigenvalue weighted by atomic mass is 19.4. The SMILES string of the molecule is Cc1nc(C(F)(F)F)ncc1C(=O)Nc1cc(-n2cc(C(=O)NCCCN3CCOCC3)nn2)ccc1N1CCN(C)CC1. The summed E-state index contributed by atoms with van der Waals surface area (Å²) < 4.78 is 46.0. The number of morpholine rings is 1. The number of aryl methyl sites for hydroxylation is 1. The number of anilines is 2. The van der Waals surface area contributed by atoms with Crippen LogP contribution in [0.3, 0.4) is 0 Å². The quantitative estimate of drug-likeness (QED) is 0.343. The maximum atomic E-state index is 13.3. The smallest absolute Gasteiger partial charge is 0.379 e. The number of hydrogen-bond donors (Lipinski definition) is 2. The summed E-state index contributed by atoms with van der Waals surface area (Å²) in [7, 11) is 2.03. The van der Waals surface area contributed by atoms with Crippen LogP contribution in [0.1, 0.15) is 38.8 Å². The second-order valence-corrected chi connectivity index (χ2v) is 10.7. The Morgan fingerprint density at radius 3 is 2.50 bits per heavy atom. The number of ether oxygens (including phenoxy) is 1. The van der Waals surface area contributed by atoms with E-state index in [1.807, 2.05) is 13.1 Å². The fraction of sp³-hybridized carbons (Fsp3) is 0.500. The number of piperazine rings is 1. The molecule has 236 valence electrons. The minimum absolute atomic E-state index is 0.0823. The van der Waals surface area contributed by atoms with Crippen molar-refractivity contribution in [3.05, 3.63) is 53.4 Å². The summed E-state index contributed by atoms with van der Waals surface area (Å²) in [5, 5.41) is 13.8. The first-order valence-electron chi connectivity index (χ1n) is 14.4.